The largest absolute Gasteiger partial charge is 0.496 e. The molecule has 1 aromatic rings. The van der Waals surface area contributed by atoms with Gasteiger partial charge in [0.1, 0.15) is 5.75 Å². The number of rotatable bonds is 6. The first-order valence-electron chi connectivity index (χ1n) is 6.12. The molecular formula is C14H21BrN2O2. The Hall–Kier alpha value is -1.07. The van der Waals surface area contributed by atoms with E-state index in [0.717, 1.165) is 15.8 Å². The Balaban J connectivity index is 2.91. The minimum absolute atomic E-state index is 0.207. The normalized spacial score (nSPS) is 13.1. The van der Waals surface area contributed by atoms with Gasteiger partial charge in [-0.2, -0.15) is 0 Å². The van der Waals surface area contributed by atoms with E-state index in [-0.39, 0.29) is 17.4 Å². The summed E-state index contributed by atoms with van der Waals surface area (Å²) in [6.45, 7) is 3.98. The van der Waals surface area contributed by atoms with Crippen molar-refractivity contribution in [3.8, 4) is 5.75 Å². The Morgan fingerprint density at radius 2 is 2.11 bits per heavy atom. The average Bonchev–Trinajstić information content (AvgIpc) is 2.26. The molecule has 0 radical (unpaired) electrons. The van der Waals surface area contributed by atoms with Crippen molar-refractivity contribution in [3.05, 3.63) is 28.2 Å². The summed E-state index contributed by atoms with van der Waals surface area (Å²) < 4.78 is 6.28. The van der Waals surface area contributed by atoms with Crippen LogP contribution in [0, 0.1) is 5.41 Å². The van der Waals surface area contributed by atoms with Gasteiger partial charge in [-0.1, -0.05) is 29.8 Å². The van der Waals surface area contributed by atoms with Crippen LogP contribution in [0.3, 0.4) is 0 Å². The lowest BCUT2D eigenvalue weighted by atomic mass is 9.81. The van der Waals surface area contributed by atoms with Gasteiger partial charge < -0.3 is 16.2 Å². The molecule has 0 aromatic heterocycles. The average molecular weight is 329 g/mol. The number of primary amides is 1. The molecule has 1 atom stereocenters. The van der Waals surface area contributed by atoms with E-state index in [1.807, 2.05) is 32.0 Å². The minimum Gasteiger partial charge on any atom is -0.496 e. The standard InChI is InChI=1S/C14H21BrN2O2/c1-14(2,8-13(17)18)7-11(16)10-6-9(15)4-5-12(10)19-3/h4-6,11H,7-8,16H2,1-3H3,(H2,17,18). The quantitative estimate of drug-likeness (QED) is 0.842. The highest BCUT2D eigenvalue weighted by molar-refractivity contribution is 9.10. The maximum Gasteiger partial charge on any atom is 0.217 e. The van der Waals surface area contributed by atoms with Crippen LogP contribution in [0.25, 0.3) is 0 Å². The summed E-state index contributed by atoms with van der Waals surface area (Å²) >= 11 is 3.43. The molecule has 0 aliphatic carbocycles. The zero-order chi connectivity index (χ0) is 14.6. The molecule has 1 unspecified atom stereocenters. The lowest BCUT2D eigenvalue weighted by molar-refractivity contribution is -0.120. The van der Waals surface area contributed by atoms with Gasteiger partial charge in [0.25, 0.3) is 0 Å². The van der Waals surface area contributed by atoms with Crippen molar-refractivity contribution >= 4 is 21.8 Å². The zero-order valence-electron chi connectivity index (χ0n) is 11.6. The molecule has 0 fully saturated rings. The van der Waals surface area contributed by atoms with Gasteiger partial charge in [-0.15, -0.1) is 0 Å². The lowest BCUT2D eigenvalue weighted by Crippen LogP contribution is -2.27. The van der Waals surface area contributed by atoms with Crippen LogP contribution in [0.4, 0.5) is 0 Å². The maximum atomic E-state index is 11.1. The van der Waals surface area contributed by atoms with Gasteiger partial charge in [-0.05, 0) is 30.0 Å². The third kappa shape index (κ3) is 4.84. The molecule has 0 heterocycles. The number of carbonyl (C=O) groups is 1. The van der Waals surface area contributed by atoms with E-state index < -0.39 is 0 Å². The summed E-state index contributed by atoms with van der Waals surface area (Å²) in [4.78, 5) is 11.1. The smallest absolute Gasteiger partial charge is 0.217 e. The fourth-order valence-electron chi connectivity index (χ4n) is 2.24. The van der Waals surface area contributed by atoms with Gasteiger partial charge in [-0.25, -0.2) is 0 Å². The number of benzene rings is 1. The SMILES string of the molecule is COc1ccc(Br)cc1C(N)CC(C)(C)CC(N)=O. The summed E-state index contributed by atoms with van der Waals surface area (Å²) in [5.41, 5.74) is 12.2. The summed E-state index contributed by atoms with van der Waals surface area (Å²) in [5.74, 6) is 0.448. The number of halogens is 1. The molecule has 5 heteroatoms. The number of nitrogens with two attached hydrogens (primary N) is 2. The van der Waals surface area contributed by atoms with Crippen LogP contribution < -0.4 is 16.2 Å². The number of carbonyl (C=O) groups excluding carboxylic acids is 1. The summed E-state index contributed by atoms with van der Waals surface area (Å²) in [5, 5.41) is 0. The van der Waals surface area contributed by atoms with Crippen LogP contribution in [0.1, 0.15) is 38.3 Å². The van der Waals surface area contributed by atoms with Crippen molar-refractivity contribution in [3.63, 3.8) is 0 Å². The van der Waals surface area contributed by atoms with E-state index in [2.05, 4.69) is 15.9 Å². The lowest BCUT2D eigenvalue weighted by Gasteiger charge is -2.27. The van der Waals surface area contributed by atoms with Crippen LogP contribution in [-0.2, 0) is 4.79 Å². The summed E-state index contributed by atoms with van der Waals surface area (Å²) in [6, 6.07) is 5.52. The summed E-state index contributed by atoms with van der Waals surface area (Å²) in [6.07, 6.45) is 0.972. The van der Waals surface area contributed by atoms with Gasteiger partial charge in [0, 0.05) is 22.5 Å². The Bertz CT molecular complexity index is 461. The second-order valence-electron chi connectivity index (χ2n) is 5.50. The van der Waals surface area contributed by atoms with Gasteiger partial charge >= 0.3 is 0 Å². The molecule has 1 aromatic carbocycles. The molecule has 0 spiro atoms. The van der Waals surface area contributed by atoms with Crippen molar-refractivity contribution in [2.75, 3.05) is 7.11 Å². The topological polar surface area (TPSA) is 78.3 Å². The van der Waals surface area contributed by atoms with Crippen LogP contribution >= 0.6 is 15.9 Å². The second kappa shape index (κ2) is 6.39. The first-order valence-corrected chi connectivity index (χ1v) is 6.92. The molecule has 4 nitrogen and oxygen atoms in total. The Morgan fingerprint density at radius 1 is 1.47 bits per heavy atom. The molecule has 106 valence electrons. The predicted molar refractivity (Wildman–Crippen MR) is 79.8 cm³/mol. The number of amides is 1. The molecule has 0 saturated heterocycles. The molecule has 4 N–H and O–H groups in total. The summed E-state index contributed by atoms with van der Waals surface area (Å²) in [7, 11) is 1.62. The monoisotopic (exact) mass is 328 g/mol. The molecule has 19 heavy (non-hydrogen) atoms. The molecule has 0 aliphatic rings. The van der Waals surface area contributed by atoms with E-state index in [1.54, 1.807) is 7.11 Å². The molecule has 0 bridgehead atoms. The highest BCUT2D eigenvalue weighted by Gasteiger charge is 2.25. The third-order valence-electron chi connectivity index (χ3n) is 3.02. The van der Waals surface area contributed by atoms with E-state index in [0.29, 0.717) is 12.8 Å². The van der Waals surface area contributed by atoms with Gasteiger partial charge in [0.15, 0.2) is 0 Å². The van der Waals surface area contributed by atoms with Crippen molar-refractivity contribution < 1.29 is 9.53 Å². The fourth-order valence-corrected chi connectivity index (χ4v) is 2.62. The predicted octanol–water partition coefficient (Wildman–Crippen LogP) is 2.75. The molecular weight excluding hydrogens is 308 g/mol. The zero-order valence-corrected chi connectivity index (χ0v) is 13.2. The Labute approximate surface area is 122 Å². The van der Waals surface area contributed by atoms with Crippen LogP contribution in [-0.4, -0.2) is 13.0 Å². The van der Waals surface area contributed by atoms with Crippen molar-refractivity contribution in [1.29, 1.82) is 0 Å². The molecule has 0 aliphatic heterocycles. The van der Waals surface area contributed by atoms with E-state index in [9.17, 15) is 4.79 Å². The Morgan fingerprint density at radius 3 is 2.63 bits per heavy atom. The molecule has 1 rings (SSSR count). The highest BCUT2D eigenvalue weighted by Crippen LogP contribution is 2.35. The van der Waals surface area contributed by atoms with E-state index >= 15 is 0 Å². The molecule has 0 saturated carbocycles. The molecule has 1 amide bonds. The third-order valence-corrected chi connectivity index (χ3v) is 3.51. The maximum absolute atomic E-state index is 11.1. The van der Waals surface area contributed by atoms with Gasteiger partial charge in [-0.3, -0.25) is 4.79 Å². The van der Waals surface area contributed by atoms with Gasteiger partial charge in [0.2, 0.25) is 5.91 Å². The number of hydrogen-bond acceptors (Lipinski definition) is 3. The van der Waals surface area contributed by atoms with Crippen LogP contribution in [0.15, 0.2) is 22.7 Å². The van der Waals surface area contributed by atoms with Crippen LogP contribution in [0.2, 0.25) is 0 Å². The van der Waals surface area contributed by atoms with Crippen molar-refractivity contribution in [1.82, 2.24) is 0 Å². The van der Waals surface area contributed by atoms with Gasteiger partial charge in [0.05, 0.1) is 7.11 Å². The van der Waals surface area contributed by atoms with Crippen molar-refractivity contribution in [2.45, 2.75) is 32.7 Å². The number of hydrogen-bond donors (Lipinski definition) is 2. The Kier molecular flexibility index (Phi) is 5.38. The minimum atomic E-state index is -0.307. The number of methoxy groups -OCH3 is 1. The second-order valence-corrected chi connectivity index (χ2v) is 6.42. The first-order chi connectivity index (χ1) is 8.75. The van der Waals surface area contributed by atoms with E-state index in [1.165, 1.54) is 0 Å². The number of ether oxygens (including phenoxy) is 1. The van der Waals surface area contributed by atoms with Crippen LogP contribution in [0.5, 0.6) is 5.75 Å². The fraction of sp³-hybridized carbons (Fsp3) is 0.500. The van der Waals surface area contributed by atoms with Crippen molar-refractivity contribution in [2.24, 2.45) is 16.9 Å². The first kappa shape index (κ1) is 16.0. The van der Waals surface area contributed by atoms with E-state index in [4.69, 9.17) is 16.2 Å². The highest BCUT2D eigenvalue weighted by atomic mass is 79.9.